The average Bonchev–Trinajstić information content (AvgIpc) is 3.62. The lowest BCUT2D eigenvalue weighted by atomic mass is 9.66. The molecule has 234 valence electrons. The van der Waals surface area contributed by atoms with E-state index in [0.717, 1.165) is 28.8 Å². The van der Waals surface area contributed by atoms with Crippen LogP contribution >= 0.6 is 11.8 Å². The van der Waals surface area contributed by atoms with Crippen LogP contribution in [0, 0.1) is 31.6 Å². The number of amides is 2. The number of anilines is 1. The fraction of sp³-hybridized carbons (Fsp3) is 0.472. The minimum atomic E-state index is -0.871. The average molecular weight is 617 g/mol. The van der Waals surface area contributed by atoms with Crippen LogP contribution < -0.4 is 4.90 Å². The van der Waals surface area contributed by atoms with Gasteiger partial charge in [-0.3, -0.25) is 14.4 Å². The van der Waals surface area contributed by atoms with E-state index in [9.17, 15) is 14.7 Å². The summed E-state index contributed by atoms with van der Waals surface area (Å²) in [7, 11) is 0. The van der Waals surface area contributed by atoms with Crippen LogP contribution in [0.4, 0.5) is 5.69 Å². The molecule has 0 aliphatic carbocycles. The van der Waals surface area contributed by atoms with E-state index in [0.29, 0.717) is 19.3 Å². The summed E-state index contributed by atoms with van der Waals surface area (Å²) in [5.41, 5.74) is 3.69. The first-order valence-electron chi connectivity index (χ1n) is 15.6. The van der Waals surface area contributed by atoms with Gasteiger partial charge >= 0.3 is 5.97 Å². The van der Waals surface area contributed by atoms with Crippen LogP contribution in [0.25, 0.3) is 0 Å². The summed E-state index contributed by atoms with van der Waals surface area (Å²) in [6.07, 6.45) is 6.00. The van der Waals surface area contributed by atoms with E-state index in [1.165, 1.54) is 0 Å². The maximum absolute atomic E-state index is 15.1. The molecule has 0 saturated carbocycles. The third-order valence-corrected chi connectivity index (χ3v) is 11.7. The van der Waals surface area contributed by atoms with E-state index in [4.69, 9.17) is 4.74 Å². The number of esters is 1. The number of benzene rings is 2. The molecule has 3 aliphatic rings. The number of hydrogen-bond donors (Lipinski definition) is 1. The monoisotopic (exact) mass is 616 g/mol. The summed E-state index contributed by atoms with van der Waals surface area (Å²) in [5, 5.41) is 10.7. The minimum absolute atomic E-state index is 0.00419. The molecule has 3 unspecified atom stereocenters. The Morgan fingerprint density at radius 3 is 2.61 bits per heavy atom. The Balaban J connectivity index is 1.61. The number of likely N-dealkylation sites (tertiary alicyclic amines) is 1. The molecule has 0 radical (unpaired) electrons. The molecule has 8 heteroatoms. The van der Waals surface area contributed by atoms with Crippen molar-refractivity contribution >= 4 is 35.2 Å². The highest BCUT2D eigenvalue weighted by molar-refractivity contribution is 8.02. The number of aliphatic hydroxyl groups is 1. The zero-order valence-electron chi connectivity index (χ0n) is 26.0. The number of ether oxygens (including phenoxy) is 1. The number of carbonyl (C=O) groups excluding carboxylic acids is 3. The van der Waals surface area contributed by atoms with E-state index < -0.39 is 28.7 Å². The molecule has 7 nitrogen and oxygen atoms in total. The molecule has 2 bridgehead atoms. The highest BCUT2D eigenvalue weighted by atomic mass is 32.2. The second kappa shape index (κ2) is 13.3. The lowest BCUT2D eigenvalue weighted by Crippen LogP contribution is -2.59. The summed E-state index contributed by atoms with van der Waals surface area (Å²) in [6, 6.07) is 14.2. The van der Waals surface area contributed by atoms with E-state index in [2.05, 4.69) is 20.1 Å². The van der Waals surface area contributed by atoms with Crippen molar-refractivity contribution in [3.8, 4) is 0 Å². The van der Waals surface area contributed by atoms with Crippen molar-refractivity contribution in [3.05, 3.63) is 90.5 Å². The van der Waals surface area contributed by atoms with Gasteiger partial charge in [-0.15, -0.1) is 24.9 Å². The maximum Gasteiger partial charge on any atom is 0.310 e. The number of fused-ring (bicyclic) bond motifs is 1. The summed E-state index contributed by atoms with van der Waals surface area (Å²) in [5.74, 6) is -2.18. The quantitative estimate of drug-likeness (QED) is 0.187. The molecule has 3 fully saturated rings. The van der Waals surface area contributed by atoms with Gasteiger partial charge in [0, 0.05) is 17.5 Å². The molecule has 2 aromatic rings. The topological polar surface area (TPSA) is 87.1 Å². The highest BCUT2D eigenvalue weighted by Gasteiger charge is 2.77. The van der Waals surface area contributed by atoms with Crippen LogP contribution in [0.1, 0.15) is 42.9 Å². The smallest absolute Gasteiger partial charge is 0.310 e. The van der Waals surface area contributed by atoms with Gasteiger partial charge in [0.1, 0.15) is 6.04 Å². The van der Waals surface area contributed by atoms with Crippen molar-refractivity contribution in [1.82, 2.24) is 4.90 Å². The lowest BCUT2D eigenvalue weighted by molar-refractivity contribution is -0.155. The number of carbonyl (C=O) groups is 3. The van der Waals surface area contributed by atoms with Gasteiger partial charge in [0.15, 0.2) is 0 Å². The first-order chi connectivity index (χ1) is 21.2. The summed E-state index contributed by atoms with van der Waals surface area (Å²) in [4.78, 5) is 46.9. The van der Waals surface area contributed by atoms with Gasteiger partial charge < -0.3 is 19.6 Å². The number of allylic oxidation sites excluding steroid dienone is 1. The number of thioether (sulfide) groups is 1. The van der Waals surface area contributed by atoms with Crippen molar-refractivity contribution in [3.63, 3.8) is 0 Å². The van der Waals surface area contributed by atoms with E-state index >= 15 is 4.79 Å². The number of aryl methyl sites for hydroxylation is 2. The molecule has 1 N–H and O–H groups in total. The Kier molecular flexibility index (Phi) is 9.71. The SMILES string of the molecule is C=CCCCOC(=O)[C@@H]1[C@H]2C(=O)N([C@@H](CO)Cc3ccccc3)C(C(=O)N(CC=C)c3cc(C)ccc3C)C23S[C@@H]1CC3C. The van der Waals surface area contributed by atoms with E-state index in [1.807, 2.05) is 62.4 Å². The Morgan fingerprint density at radius 1 is 1.18 bits per heavy atom. The molecule has 0 aromatic heterocycles. The third kappa shape index (κ3) is 5.51. The van der Waals surface area contributed by atoms with Crippen molar-refractivity contribution in [2.45, 2.75) is 68.5 Å². The number of unbranched alkanes of at least 4 members (excludes halogenated alkanes) is 1. The van der Waals surface area contributed by atoms with E-state index in [1.54, 1.807) is 33.7 Å². The molecule has 3 saturated heterocycles. The number of nitrogens with zero attached hydrogens (tertiary/aromatic N) is 2. The number of hydrogen-bond acceptors (Lipinski definition) is 6. The van der Waals surface area contributed by atoms with Gasteiger partial charge in [-0.25, -0.2) is 0 Å². The second-order valence-corrected chi connectivity index (χ2v) is 14.0. The van der Waals surface area contributed by atoms with Gasteiger partial charge in [-0.2, -0.15) is 0 Å². The van der Waals surface area contributed by atoms with Gasteiger partial charge in [0.25, 0.3) is 5.91 Å². The molecule has 5 rings (SSSR count). The van der Waals surface area contributed by atoms with Crippen LogP contribution in [-0.2, 0) is 25.5 Å². The molecule has 1 spiro atoms. The fourth-order valence-electron chi connectivity index (χ4n) is 7.63. The zero-order chi connectivity index (χ0) is 31.6. The second-order valence-electron chi connectivity index (χ2n) is 12.5. The molecule has 3 aliphatic heterocycles. The van der Waals surface area contributed by atoms with Gasteiger partial charge in [-0.05, 0) is 68.2 Å². The third-order valence-electron chi connectivity index (χ3n) is 9.64. The molecule has 44 heavy (non-hydrogen) atoms. The van der Waals surface area contributed by atoms with Gasteiger partial charge in [0.05, 0.1) is 35.8 Å². The Hall–Kier alpha value is -3.36. The molecule has 7 atom stereocenters. The number of rotatable bonds is 13. The minimum Gasteiger partial charge on any atom is -0.465 e. The largest absolute Gasteiger partial charge is 0.465 e. The molecular formula is C36H44N2O5S. The summed E-state index contributed by atoms with van der Waals surface area (Å²) >= 11 is 1.62. The van der Waals surface area contributed by atoms with Crippen molar-refractivity contribution in [2.75, 3.05) is 24.7 Å². The maximum atomic E-state index is 15.1. The van der Waals surface area contributed by atoms with Crippen LogP contribution in [0.2, 0.25) is 0 Å². The Morgan fingerprint density at radius 2 is 1.93 bits per heavy atom. The summed E-state index contributed by atoms with van der Waals surface area (Å²) < 4.78 is 4.91. The van der Waals surface area contributed by atoms with Crippen LogP contribution in [0.15, 0.2) is 73.8 Å². The fourth-order valence-corrected chi connectivity index (χ4v) is 10.0. The lowest BCUT2D eigenvalue weighted by Gasteiger charge is -2.42. The van der Waals surface area contributed by atoms with Crippen LogP contribution in [-0.4, -0.2) is 69.6 Å². The van der Waals surface area contributed by atoms with Crippen molar-refractivity contribution in [2.24, 2.45) is 17.8 Å². The first kappa shape index (κ1) is 32.0. The normalized spacial score (nSPS) is 27.6. The molecule has 3 heterocycles. The molecule has 2 amide bonds. The van der Waals surface area contributed by atoms with Gasteiger partial charge in [-0.1, -0.05) is 61.5 Å². The summed E-state index contributed by atoms with van der Waals surface area (Å²) in [6.45, 7) is 14.0. The zero-order valence-corrected chi connectivity index (χ0v) is 26.8. The molecule has 2 aromatic carbocycles. The Bertz CT molecular complexity index is 1410. The number of aliphatic hydroxyl groups excluding tert-OH is 1. The van der Waals surface area contributed by atoms with Crippen molar-refractivity contribution in [1.29, 1.82) is 0 Å². The first-order valence-corrected chi connectivity index (χ1v) is 16.5. The van der Waals surface area contributed by atoms with Crippen molar-refractivity contribution < 1.29 is 24.2 Å². The van der Waals surface area contributed by atoms with Crippen LogP contribution in [0.5, 0.6) is 0 Å². The Labute approximate surface area is 265 Å². The standard InChI is InChI=1S/C36H44N2O5S/c1-6-8-12-18-43-35(42)30-29-20-25(5)36(44-29)31(30)33(40)38(27(22-39)21-26-13-10-9-11-14-26)32(36)34(41)37(17-7-2)28-19-23(3)15-16-24(28)4/h6-7,9-11,13-16,19,25,27,29-32,39H,1-2,8,12,17-18,20-22H2,3-5H3/t25?,27-,29-,30+,31+,32?,36?/m1/s1. The predicted octanol–water partition coefficient (Wildman–Crippen LogP) is 5.27. The van der Waals surface area contributed by atoms with E-state index in [-0.39, 0.29) is 48.7 Å². The van der Waals surface area contributed by atoms with Gasteiger partial charge in [0.2, 0.25) is 5.91 Å². The molecular weight excluding hydrogens is 572 g/mol. The van der Waals surface area contributed by atoms with Crippen LogP contribution in [0.3, 0.4) is 0 Å². The predicted molar refractivity (Wildman–Crippen MR) is 175 cm³/mol. The highest BCUT2D eigenvalue weighted by Crippen LogP contribution is 2.69.